The summed E-state index contributed by atoms with van der Waals surface area (Å²) in [5.74, 6) is 1.31. The van der Waals surface area contributed by atoms with Crippen LogP contribution in [0.25, 0.3) is 11.1 Å². The van der Waals surface area contributed by atoms with Crippen LogP contribution in [0.15, 0.2) is 54.6 Å². The van der Waals surface area contributed by atoms with Crippen LogP contribution in [-0.4, -0.2) is 25.0 Å². The number of carbonyl (C=O) groups is 1. The maximum atomic E-state index is 12.6. The lowest BCUT2D eigenvalue weighted by molar-refractivity contribution is 0.0926. The quantitative estimate of drug-likeness (QED) is 0.734. The Hall–Kier alpha value is -2.13. The molecule has 1 aliphatic rings. The molecule has 0 bridgehead atoms. The van der Waals surface area contributed by atoms with Crippen molar-refractivity contribution in [3.8, 4) is 11.1 Å². The van der Waals surface area contributed by atoms with E-state index in [2.05, 4.69) is 36.6 Å². The van der Waals surface area contributed by atoms with Crippen LogP contribution in [0.3, 0.4) is 0 Å². The summed E-state index contributed by atoms with van der Waals surface area (Å²) in [7, 11) is 0. The molecule has 0 aromatic heterocycles. The Morgan fingerprint density at radius 2 is 1.78 bits per heavy atom. The summed E-state index contributed by atoms with van der Waals surface area (Å²) in [5, 5.41) is 6.68. The van der Waals surface area contributed by atoms with Crippen molar-refractivity contribution in [3.05, 3.63) is 60.2 Å². The standard InChI is InChI=1S/C24H32N2O/c1-18(10-11-20-7-6-16-25-17-20)19(2)26-24(27)23-14-12-22(13-15-23)21-8-4-3-5-9-21/h3-5,8-9,12-15,18-20,25H,6-7,10-11,16-17H2,1-2H3,(H,26,27). The van der Waals surface area contributed by atoms with Crippen molar-refractivity contribution in [2.24, 2.45) is 11.8 Å². The summed E-state index contributed by atoms with van der Waals surface area (Å²) in [4.78, 5) is 12.6. The minimum Gasteiger partial charge on any atom is -0.349 e. The second-order valence-electron chi connectivity index (χ2n) is 7.97. The minimum atomic E-state index is 0.0216. The van der Waals surface area contributed by atoms with Crippen molar-refractivity contribution < 1.29 is 4.79 Å². The molecule has 3 nitrogen and oxygen atoms in total. The monoisotopic (exact) mass is 364 g/mol. The molecule has 27 heavy (non-hydrogen) atoms. The fourth-order valence-corrected chi connectivity index (χ4v) is 3.80. The first-order chi connectivity index (χ1) is 13.1. The highest BCUT2D eigenvalue weighted by Gasteiger charge is 2.19. The minimum absolute atomic E-state index is 0.0216. The maximum absolute atomic E-state index is 12.6. The molecule has 1 fully saturated rings. The molecular weight excluding hydrogens is 332 g/mol. The van der Waals surface area contributed by atoms with E-state index in [4.69, 9.17) is 0 Å². The average molecular weight is 365 g/mol. The molecule has 1 heterocycles. The molecule has 3 rings (SSSR count). The third kappa shape index (κ3) is 5.67. The van der Waals surface area contributed by atoms with Crippen LogP contribution in [0.5, 0.6) is 0 Å². The molecule has 3 unspecified atom stereocenters. The smallest absolute Gasteiger partial charge is 0.251 e. The molecule has 2 N–H and O–H groups in total. The number of rotatable bonds is 7. The van der Waals surface area contributed by atoms with E-state index in [1.165, 1.54) is 37.8 Å². The number of nitrogens with one attached hydrogen (secondary N) is 2. The lowest BCUT2D eigenvalue weighted by atomic mass is 9.88. The van der Waals surface area contributed by atoms with Crippen molar-refractivity contribution in [2.75, 3.05) is 13.1 Å². The molecule has 1 amide bonds. The van der Waals surface area contributed by atoms with Gasteiger partial charge < -0.3 is 10.6 Å². The van der Waals surface area contributed by atoms with Crippen LogP contribution in [0.1, 0.15) is 49.9 Å². The Balaban J connectivity index is 1.50. The van der Waals surface area contributed by atoms with Gasteiger partial charge in [0, 0.05) is 11.6 Å². The van der Waals surface area contributed by atoms with E-state index < -0.39 is 0 Å². The van der Waals surface area contributed by atoms with E-state index in [0.717, 1.165) is 23.6 Å². The molecule has 1 saturated heterocycles. The first-order valence-corrected chi connectivity index (χ1v) is 10.3. The predicted octanol–water partition coefficient (Wildman–Crippen LogP) is 4.89. The third-order valence-electron chi connectivity index (χ3n) is 5.90. The third-order valence-corrected chi connectivity index (χ3v) is 5.90. The van der Waals surface area contributed by atoms with Crippen molar-refractivity contribution >= 4 is 5.91 Å². The highest BCUT2D eigenvalue weighted by molar-refractivity contribution is 5.94. The molecule has 144 valence electrons. The average Bonchev–Trinajstić information content (AvgIpc) is 2.73. The van der Waals surface area contributed by atoms with Crippen LogP contribution >= 0.6 is 0 Å². The topological polar surface area (TPSA) is 41.1 Å². The molecule has 3 heteroatoms. The van der Waals surface area contributed by atoms with Gasteiger partial charge in [0.25, 0.3) is 5.91 Å². The number of hydrogen-bond acceptors (Lipinski definition) is 2. The summed E-state index contributed by atoms with van der Waals surface area (Å²) in [5.41, 5.74) is 3.03. The molecule has 1 aliphatic heterocycles. The molecule has 2 aromatic rings. The number of amides is 1. The van der Waals surface area contributed by atoms with E-state index in [0.29, 0.717) is 5.92 Å². The van der Waals surface area contributed by atoms with Gasteiger partial charge in [0.05, 0.1) is 0 Å². The molecule has 0 spiro atoms. The van der Waals surface area contributed by atoms with Gasteiger partial charge in [-0.15, -0.1) is 0 Å². The normalized spacial score (nSPS) is 19.3. The molecular formula is C24H32N2O. The zero-order valence-electron chi connectivity index (χ0n) is 16.6. The Kier molecular flexibility index (Phi) is 7.05. The lowest BCUT2D eigenvalue weighted by Crippen LogP contribution is -2.37. The van der Waals surface area contributed by atoms with Gasteiger partial charge in [-0.05, 0) is 80.8 Å². The molecule has 0 aliphatic carbocycles. The fraction of sp³-hybridized carbons (Fsp3) is 0.458. The van der Waals surface area contributed by atoms with Crippen molar-refractivity contribution in [1.29, 1.82) is 0 Å². The highest BCUT2D eigenvalue weighted by Crippen LogP contribution is 2.22. The first kappa shape index (κ1) is 19.6. The van der Waals surface area contributed by atoms with Crippen LogP contribution in [0.4, 0.5) is 0 Å². The van der Waals surface area contributed by atoms with E-state index in [9.17, 15) is 4.79 Å². The maximum Gasteiger partial charge on any atom is 0.251 e. The Labute approximate surface area is 163 Å². The molecule has 0 radical (unpaired) electrons. The largest absolute Gasteiger partial charge is 0.349 e. The zero-order valence-corrected chi connectivity index (χ0v) is 16.6. The van der Waals surface area contributed by atoms with Crippen LogP contribution in [0, 0.1) is 11.8 Å². The van der Waals surface area contributed by atoms with Crippen LogP contribution in [0.2, 0.25) is 0 Å². The first-order valence-electron chi connectivity index (χ1n) is 10.3. The Morgan fingerprint density at radius 1 is 1.07 bits per heavy atom. The number of carbonyl (C=O) groups excluding carboxylic acids is 1. The van der Waals surface area contributed by atoms with Gasteiger partial charge in [-0.25, -0.2) is 0 Å². The number of benzene rings is 2. The summed E-state index contributed by atoms with van der Waals surface area (Å²) in [6, 6.07) is 18.3. The predicted molar refractivity (Wildman–Crippen MR) is 113 cm³/mol. The second-order valence-corrected chi connectivity index (χ2v) is 7.97. The molecule has 3 atom stereocenters. The van der Waals surface area contributed by atoms with Crippen molar-refractivity contribution in [1.82, 2.24) is 10.6 Å². The zero-order chi connectivity index (χ0) is 19.1. The summed E-state index contributed by atoms with van der Waals surface area (Å²) < 4.78 is 0. The van der Waals surface area contributed by atoms with E-state index in [-0.39, 0.29) is 11.9 Å². The molecule has 2 aromatic carbocycles. The van der Waals surface area contributed by atoms with Crippen LogP contribution in [-0.2, 0) is 0 Å². The SMILES string of the molecule is CC(CCC1CCCNC1)C(C)NC(=O)c1ccc(-c2ccccc2)cc1. The van der Waals surface area contributed by atoms with Crippen molar-refractivity contribution in [3.63, 3.8) is 0 Å². The summed E-state index contributed by atoms with van der Waals surface area (Å²) in [6.45, 7) is 6.70. The summed E-state index contributed by atoms with van der Waals surface area (Å²) in [6.07, 6.45) is 5.05. The van der Waals surface area contributed by atoms with E-state index in [1.807, 2.05) is 42.5 Å². The molecule has 0 saturated carbocycles. The van der Waals surface area contributed by atoms with Crippen LogP contribution < -0.4 is 10.6 Å². The van der Waals surface area contributed by atoms with Gasteiger partial charge in [-0.1, -0.05) is 49.4 Å². The lowest BCUT2D eigenvalue weighted by Gasteiger charge is -2.26. The summed E-state index contributed by atoms with van der Waals surface area (Å²) >= 11 is 0. The van der Waals surface area contributed by atoms with E-state index in [1.54, 1.807) is 0 Å². The number of hydrogen-bond donors (Lipinski definition) is 2. The van der Waals surface area contributed by atoms with E-state index >= 15 is 0 Å². The second kappa shape index (κ2) is 9.70. The Bertz CT molecular complexity index is 705. The van der Waals surface area contributed by atoms with Gasteiger partial charge in [0.2, 0.25) is 0 Å². The van der Waals surface area contributed by atoms with Gasteiger partial charge in [-0.3, -0.25) is 4.79 Å². The van der Waals surface area contributed by atoms with Gasteiger partial charge >= 0.3 is 0 Å². The van der Waals surface area contributed by atoms with Gasteiger partial charge in [0.1, 0.15) is 0 Å². The van der Waals surface area contributed by atoms with Crippen molar-refractivity contribution in [2.45, 2.75) is 45.6 Å². The van der Waals surface area contributed by atoms with Gasteiger partial charge in [-0.2, -0.15) is 0 Å². The van der Waals surface area contributed by atoms with Gasteiger partial charge in [0.15, 0.2) is 0 Å². The Morgan fingerprint density at radius 3 is 2.44 bits per heavy atom. The highest BCUT2D eigenvalue weighted by atomic mass is 16.1. The number of piperidine rings is 1. The fourth-order valence-electron chi connectivity index (χ4n) is 3.80.